The van der Waals surface area contributed by atoms with E-state index in [0.29, 0.717) is 0 Å². The topological polar surface area (TPSA) is 108 Å². The van der Waals surface area contributed by atoms with Crippen molar-refractivity contribution in [3.8, 4) is 0 Å². The van der Waals surface area contributed by atoms with Crippen molar-refractivity contribution in [2.75, 3.05) is 0 Å². The molecule has 7 nitrogen and oxygen atoms in total. The minimum absolute atomic E-state index is 0.0385. The monoisotopic (exact) mass is 412 g/mol. The molecule has 30 heavy (non-hydrogen) atoms. The molecule has 0 saturated carbocycles. The first kappa shape index (κ1) is 23.1. The summed E-state index contributed by atoms with van der Waals surface area (Å²) in [6, 6.07) is 16.7. The fourth-order valence-corrected chi connectivity index (χ4v) is 2.64. The molecule has 0 saturated heterocycles. The molecular weight excluding hydrogens is 384 g/mol. The molecule has 0 spiro atoms. The third-order valence-corrected chi connectivity index (χ3v) is 4.11. The van der Waals surface area contributed by atoms with Crippen LogP contribution in [0, 0.1) is 5.92 Å². The Morgan fingerprint density at radius 3 is 1.97 bits per heavy atom. The van der Waals surface area contributed by atoms with Crippen molar-refractivity contribution < 1.29 is 23.9 Å². The van der Waals surface area contributed by atoms with Crippen LogP contribution in [-0.2, 0) is 37.0 Å². The van der Waals surface area contributed by atoms with Crippen LogP contribution in [0.2, 0.25) is 0 Å². The predicted octanol–water partition coefficient (Wildman–Crippen LogP) is 2.33. The number of esters is 2. The maximum atomic E-state index is 12.8. The van der Waals surface area contributed by atoms with Gasteiger partial charge in [0.1, 0.15) is 18.2 Å². The number of benzene rings is 2. The molecule has 0 fully saturated rings. The summed E-state index contributed by atoms with van der Waals surface area (Å²) in [5.74, 6) is -3.97. The third kappa shape index (κ3) is 7.33. The number of ether oxygens (including phenoxy) is 2. The summed E-state index contributed by atoms with van der Waals surface area (Å²) in [7, 11) is 0. The summed E-state index contributed by atoms with van der Waals surface area (Å²) in [6.07, 6.45) is 0. The Morgan fingerprint density at radius 2 is 1.43 bits per heavy atom. The lowest BCUT2D eigenvalue weighted by Gasteiger charge is -2.25. The molecule has 2 aromatic carbocycles. The molecule has 0 aliphatic carbocycles. The van der Waals surface area contributed by atoms with Crippen molar-refractivity contribution in [3.63, 3.8) is 0 Å². The van der Waals surface area contributed by atoms with Gasteiger partial charge in [-0.15, -0.1) is 0 Å². The molecule has 3 N–H and O–H groups in total. The van der Waals surface area contributed by atoms with Gasteiger partial charge in [-0.3, -0.25) is 14.4 Å². The zero-order chi connectivity index (χ0) is 22.1. The van der Waals surface area contributed by atoms with Crippen LogP contribution in [0.5, 0.6) is 0 Å². The minimum atomic E-state index is -1.53. The molecule has 2 atom stereocenters. The van der Waals surface area contributed by atoms with E-state index in [2.05, 4.69) is 5.32 Å². The molecule has 1 amide bonds. The highest BCUT2D eigenvalue weighted by Gasteiger charge is 2.40. The third-order valence-electron chi connectivity index (χ3n) is 4.11. The van der Waals surface area contributed by atoms with Gasteiger partial charge >= 0.3 is 11.9 Å². The van der Waals surface area contributed by atoms with Crippen LogP contribution in [0.15, 0.2) is 60.7 Å². The Hall–Kier alpha value is -3.19. The molecule has 0 aliphatic rings. The van der Waals surface area contributed by atoms with Crippen LogP contribution in [0.25, 0.3) is 0 Å². The first-order valence-corrected chi connectivity index (χ1v) is 9.68. The zero-order valence-corrected chi connectivity index (χ0v) is 17.5. The fourth-order valence-electron chi connectivity index (χ4n) is 2.64. The molecule has 0 bridgehead atoms. The van der Waals surface area contributed by atoms with Gasteiger partial charge in [0, 0.05) is 6.54 Å². The number of carbonyl (C=O) groups excluding carboxylic acids is 3. The van der Waals surface area contributed by atoms with Crippen LogP contribution < -0.4 is 11.1 Å². The zero-order valence-electron chi connectivity index (χ0n) is 17.5. The number of amides is 1. The number of rotatable bonds is 8. The first-order chi connectivity index (χ1) is 14.2. The van der Waals surface area contributed by atoms with Crippen LogP contribution in [0.3, 0.4) is 0 Å². The van der Waals surface area contributed by atoms with Gasteiger partial charge in [0.15, 0.2) is 5.92 Å². The molecule has 1 unspecified atom stereocenters. The van der Waals surface area contributed by atoms with Gasteiger partial charge in [-0.05, 0) is 31.9 Å². The van der Waals surface area contributed by atoms with Gasteiger partial charge in [-0.2, -0.15) is 0 Å². The molecule has 7 heteroatoms. The molecule has 160 valence electrons. The van der Waals surface area contributed by atoms with Crippen LogP contribution >= 0.6 is 0 Å². The van der Waals surface area contributed by atoms with Crippen molar-refractivity contribution in [1.29, 1.82) is 0 Å². The Morgan fingerprint density at radius 1 is 0.900 bits per heavy atom. The van der Waals surface area contributed by atoms with E-state index < -0.39 is 35.4 Å². The van der Waals surface area contributed by atoms with E-state index in [4.69, 9.17) is 15.2 Å². The quantitative estimate of drug-likeness (QED) is 0.509. The molecule has 0 aromatic heterocycles. The lowest BCUT2D eigenvalue weighted by Crippen LogP contribution is -2.52. The van der Waals surface area contributed by atoms with Crippen LogP contribution in [-0.4, -0.2) is 29.5 Å². The van der Waals surface area contributed by atoms with E-state index in [1.54, 1.807) is 45.0 Å². The highest BCUT2D eigenvalue weighted by molar-refractivity contribution is 6.02. The fraction of sp³-hybridized carbons (Fsp3) is 0.348. The summed E-state index contributed by atoms with van der Waals surface area (Å²) >= 11 is 0. The Labute approximate surface area is 176 Å². The Balaban J connectivity index is 2.12. The normalized spacial score (nSPS) is 13.1. The van der Waals surface area contributed by atoms with E-state index >= 15 is 0 Å². The summed E-state index contributed by atoms with van der Waals surface area (Å²) in [5, 5.41) is 2.65. The van der Waals surface area contributed by atoms with Crippen molar-refractivity contribution in [2.24, 2.45) is 11.7 Å². The van der Waals surface area contributed by atoms with Gasteiger partial charge in [0.25, 0.3) is 0 Å². The number of hydrogen-bond donors (Lipinski definition) is 2. The van der Waals surface area contributed by atoms with Crippen LogP contribution in [0.1, 0.15) is 31.9 Å². The summed E-state index contributed by atoms with van der Waals surface area (Å²) in [5.41, 5.74) is 6.75. The second-order valence-electron chi connectivity index (χ2n) is 7.83. The minimum Gasteiger partial charge on any atom is -0.460 e. The smallest absolute Gasteiger partial charge is 0.324 e. The predicted molar refractivity (Wildman–Crippen MR) is 112 cm³/mol. The van der Waals surface area contributed by atoms with Gasteiger partial charge in [0.2, 0.25) is 5.91 Å². The summed E-state index contributed by atoms with van der Waals surface area (Å²) in [4.78, 5) is 37.9. The van der Waals surface area contributed by atoms with Crippen molar-refractivity contribution >= 4 is 17.8 Å². The molecular formula is C23H28N2O5. The van der Waals surface area contributed by atoms with Gasteiger partial charge in [0.05, 0.1) is 0 Å². The van der Waals surface area contributed by atoms with E-state index in [-0.39, 0.29) is 13.2 Å². The lowest BCUT2D eigenvalue weighted by atomic mass is 9.99. The second kappa shape index (κ2) is 10.5. The molecule has 0 aliphatic heterocycles. The van der Waals surface area contributed by atoms with Gasteiger partial charge < -0.3 is 20.5 Å². The van der Waals surface area contributed by atoms with Gasteiger partial charge in [-0.1, -0.05) is 60.7 Å². The average molecular weight is 412 g/mol. The van der Waals surface area contributed by atoms with E-state index in [1.807, 2.05) is 36.4 Å². The largest absolute Gasteiger partial charge is 0.460 e. The number of nitrogens with two attached hydrogens (primary N) is 1. The van der Waals surface area contributed by atoms with E-state index in [0.717, 1.165) is 11.1 Å². The SMILES string of the molecule is CC(C)(C)OC(=O)[C@@H](N)C(C(=O)NCc1ccccc1)C(=O)OCc1ccccc1. The summed E-state index contributed by atoms with van der Waals surface area (Å²) in [6.45, 7) is 5.17. The highest BCUT2D eigenvalue weighted by atomic mass is 16.6. The van der Waals surface area contributed by atoms with Gasteiger partial charge in [-0.25, -0.2) is 0 Å². The number of nitrogens with one attached hydrogen (secondary N) is 1. The van der Waals surface area contributed by atoms with E-state index in [1.165, 1.54) is 0 Å². The maximum Gasteiger partial charge on any atom is 0.324 e. The van der Waals surface area contributed by atoms with Crippen LogP contribution in [0.4, 0.5) is 0 Å². The molecule has 2 rings (SSSR count). The highest BCUT2D eigenvalue weighted by Crippen LogP contribution is 2.15. The number of carbonyl (C=O) groups is 3. The van der Waals surface area contributed by atoms with Crippen molar-refractivity contribution in [3.05, 3.63) is 71.8 Å². The van der Waals surface area contributed by atoms with Crippen molar-refractivity contribution in [1.82, 2.24) is 5.32 Å². The average Bonchev–Trinajstić information content (AvgIpc) is 2.71. The maximum absolute atomic E-state index is 12.8. The molecule has 2 aromatic rings. The second-order valence-corrected chi connectivity index (χ2v) is 7.83. The summed E-state index contributed by atoms with van der Waals surface area (Å²) < 4.78 is 10.5. The first-order valence-electron chi connectivity index (χ1n) is 9.68. The molecule has 0 radical (unpaired) electrons. The lowest BCUT2D eigenvalue weighted by molar-refractivity contribution is -0.166. The number of hydrogen-bond acceptors (Lipinski definition) is 6. The van der Waals surface area contributed by atoms with Crippen molar-refractivity contribution in [2.45, 2.75) is 45.6 Å². The Bertz CT molecular complexity index is 791. The Kier molecular flexibility index (Phi) is 8.12. The molecule has 0 heterocycles. The van der Waals surface area contributed by atoms with E-state index in [9.17, 15) is 14.4 Å². The standard InChI is InChI=1S/C23H28N2O5/c1-23(2,3)30-22(28)19(24)18(20(26)25-14-16-10-6-4-7-11-16)21(27)29-15-17-12-8-5-9-13-17/h4-13,18-19H,14-15,24H2,1-3H3,(H,25,26)/t18?,19-/m0/s1.